The van der Waals surface area contributed by atoms with Gasteiger partial charge >= 0.3 is 0 Å². The Bertz CT molecular complexity index is 472. The zero-order valence-electron chi connectivity index (χ0n) is 8.51. The van der Waals surface area contributed by atoms with Crippen LogP contribution in [-0.2, 0) is 9.59 Å². The minimum atomic E-state index is -0.530. The van der Waals surface area contributed by atoms with E-state index in [-0.39, 0.29) is 23.9 Å². The number of carbonyl (C=O) groups excluding carboxylic acids is 3. The topological polar surface area (TPSA) is 92.3 Å². The number of hydrogen-bond acceptors (Lipinski definition) is 5. The number of rotatable bonds is 1. The van der Waals surface area contributed by atoms with Crippen LogP contribution in [0.3, 0.4) is 0 Å². The Labute approximate surface area is 101 Å². The van der Waals surface area contributed by atoms with Crippen molar-refractivity contribution in [1.82, 2.24) is 20.2 Å². The molecule has 0 spiro atoms. The average Bonchev–Trinajstić information content (AvgIpc) is 2.28. The van der Waals surface area contributed by atoms with Crippen LogP contribution in [0.5, 0.6) is 0 Å². The summed E-state index contributed by atoms with van der Waals surface area (Å²) in [5.74, 6) is -1.56. The Kier molecular flexibility index (Phi) is 3.01. The third kappa shape index (κ3) is 2.56. The lowest BCUT2D eigenvalue weighted by Gasteiger charge is -2.24. The van der Waals surface area contributed by atoms with E-state index in [1.807, 2.05) is 0 Å². The summed E-state index contributed by atoms with van der Waals surface area (Å²) in [5, 5.41) is 2.26. The fourth-order valence-corrected chi connectivity index (χ4v) is 1.46. The number of halogens is 1. The van der Waals surface area contributed by atoms with E-state index in [9.17, 15) is 14.4 Å². The normalized spacial score (nSPS) is 15.7. The molecule has 3 amide bonds. The molecule has 0 unspecified atom stereocenters. The first kappa shape index (κ1) is 11.5. The maximum absolute atomic E-state index is 11.9. The average molecular weight is 255 g/mol. The van der Waals surface area contributed by atoms with E-state index >= 15 is 0 Å². The van der Waals surface area contributed by atoms with Crippen LogP contribution in [0.25, 0.3) is 0 Å². The highest BCUT2D eigenvalue weighted by Crippen LogP contribution is 2.06. The molecule has 1 saturated heterocycles. The summed E-state index contributed by atoms with van der Waals surface area (Å²) >= 11 is 5.53. The molecule has 0 bridgehead atoms. The molecular formula is C9H7ClN4O3. The number of imide groups is 1. The monoisotopic (exact) mass is 254 g/mol. The lowest BCUT2D eigenvalue weighted by molar-refractivity contribution is -0.135. The minimum absolute atomic E-state index is 0.0388. The molecule has 2 heterocycles. The summed E-state index contributed by atoms with van der Waals surface area (Å²) in [4.78, 5) is 42.6. The van der Waals surface area contributed by atoms with Crippen LogP contribution in [0, 0.1) is 0 Å². The molecule has 1 fully saturated rings. The fraction of sp³-hybridized carbons (Fsp3) is 0.222. The van der Waals surface area contributed by atoms with Crippen molar-refractivity contribution < 1.29 is 14.4 Å². The number of nitrogens with one attached hydrogen (secondary N) is 1. The Hall–Kier alpha value is -2.02. The first-order valence-electron chi connectivity index (χ1n) is 4.66. The molecule has 88 valence electrons. The number of nitrogens with zero attached hydrogens (tertiary/aromatic N) is 3. The number of piperazine rings is 1. The highest BCUT2D eigenvalue weighted by atomic mass is 35.5. The molecule has 7 nitrogen and oxygen atoms in total. The number of carbonyl (C=O) groups is 3. The van der Waals surface area contributed by atoms with Gasteiger partial charge in [0.1, 0.15) is 23.9 Å². The number of aromatic nitrogens is 2. The van der Waals surface area contributed by atoms with Gasteiger partial charge in [-0.25, -0.2) is 9.97 Å². The summed E-state index contributed by atoms with van der Waals surface area (Å²) in [7, 11) is 0. The minimum Gasteiger partial charge on any atom is -0.319 e. The molecule has 0 atom stereocenters. The summed E-state index contributed by atoms with van der Waals surface area (Å²) in [6.07, 6.45) is 2.42. The molecule has 1 N–H and O–H groups in total. The first-order chi connectivity index (χ1) is 8.06. The standard InChI is InChI=1S/C9H7ClN4O3/c10-6-2-11-5(1-12-6)9(17)14-3-7(15)13-8(16)4-14/h1-2H,3-4H2,(H,13,15,16). The van der Waals surface area contributed by atoms with Crippen molar-refractivity contribution in [3.8, 4) is 0 Å². The zero-order chi connectivity index (χ0) is 12.4. The van der Waals surface area contributed by atoms with E-state index in [2.05, 4.69) is 15.3 Å². The predicted octanol–water partition coefficient (Wildman–Crippen LogP) is -0.771. The van der Waals surface area contributed by atoms with E-state index in [1.54, 1.807) is 0 Å². The van der Waals surface area contributed by atoms with Crippen molar-refractivity contribution in [1.29, 1.82) is 0 Å². The summed E-state index contributed by atoms with van der Waals surface area (Å²) < 4.78 is 0. The SMILES string of the molecule is O=C1CN(C(=O)c2cnc(Cl)cn2)CC(=O)N1. The number of hydrogen-bond donors (Lipinski definition) is 1. The molecule has 1 aliphatic rings. The fourth-order valence-electron chi connectivity index (χ4n) is 1.37. The maximum Gasteiger partial charge on any atom is 0.274 e. The van der Waals surface area contributed by atoms with Crippen molar-refractivity contribution in [2.75, 3.05) is 13.1 Å². The van der Waals surface area contributed by atoms with Crippen molar-refractivity contribution in [3.63, 3.8) is 0 Å². The molecule has 0 aliphatic carbocycles. The Morgan fingerprint density at radius 3 is 2.41 bits per heavy atom. The molecule has 8 heteroatoms. The van der Waals surface area contributed by atoms with Gasteiger partial charge in [-0.15, -0.1) is 0 Å². The largest absolute Gasteiger partial charge is 0.319 e. The zero-order valence-corrected chi connectivity index (χ0v) is 9.27. The third-order valence-electron chi connectivity index (χ3n) is 2.07. The van der Waals surface area contributed by atoms with Gasteiger partial charge in [-0.05, 0) is 0 Å². The van der Waals surface area contributed by atoms with Crippen LogP contribution in [0.2, 0.25) is 5.15 Å². The maximum atomic E-state index is 11.9. The molecule has 1 aliphatic heterocycles. The number of amides is 3. The molecule has 2 rings (SSSR count). The molecule has 0 aromatic carbocycles. The van der Waals surface area contributed by atoms with Crippen molar-refractivity contribution in [2.24, 2.45) is 0 Å². The molecule has 1 aromatic rings. The van der Waals surface area contributed by atoms with Crippen LogP contribution in [0.1, 0.15) is 10.5 Å². The van der Waals surface area contributed by atoms with Gasteiger partial charge in [0.05, 0.1) is 12.4 Å². The summed E-state index contributed by atoms with van der Waals surface area (Å²) in [6, 6.07) is 0. The van der Waals surface area contributed by atoms with Gasteiger partial charge in [0.2, 0.25) is 11.8 Å². The van der Waals surface area contributed by atoms with Crippen molar-refractivity contribution in [3.05, 3.63) is 23.2 Å². The van der Waals surface area contributed by atoms with Gasteiger partial charge in [-0.3, -0.25) is 19.7 Å². The van der Waals surface area contributed by atoms with Crippen LogP contribution in [-0.4, -0.2) is 45.7 Å². The van der Waals surface area contributed by atoms with Gasteiger partial charge in [0.15, 0.2) is 0 Å². The Morgan fingerprint density at radius 1 is 1.24 bits per heavy atom. The lowest BCUT2D eigenvalue weighted by Crippen LogP contribution is -2.53. The molecule has 0 saturated carbocycles. The molecular weight excluding hydrogens is 248 g/mol. The lowest BCUT2D eigenvalue weighted by atomic mass is 10.3. The summed E-state index contributed by atoms with van der Waals surface area (Å²) in [5.41, 5.74) is 0.0388. The van der Waals surface area contributed by atoms with E-state index in [1.165, 1.54) is 12.4 Å². The van der Waals surface area contributed by atoms with Crippen LogP contribution in [0.4, 0.5) is 0 Å². The molecule has 17 heavy (non-hydrogen) atoms. The second kappa shape index (κ2) is 4.46. The predicted molar refractivity (Wildman–Crippen MR) is 56.1 cm³/mol. The van der Waals surface area contributed by atoms with E-state index in [0.717, 1.165) is 4.90 Å². The van der Waals surface area contributed by atoms with E-state index in [4.69, 9.17) is 11.6 Å². The van der Waals surface area contributed by atoms with Crippen molar-refractivity contribution in [2.45, 2.75) is 0 Å². The summed E-state index contributed by atoms with van der Waals surface area (Å²) in [6.45, 7) is -0.343. The van der Waals surface area contributed by atoms with Gasteiger partial charge < -0.3 is 4.90 Å². The van der Waals surface area contributed by atoms with Gasteiger partial charge in [-0.2, -0.15) is 0 Å². The second-order valence-corrected chi connectivity index (χ2v) is 3.74. The molecule has 0 radical (unpaired) electrons. The van der Waals surface area contributed by atoms with Crippen LogP contribution >= 0.6 is 11.6 Å². The quantitative estimate of drug-likeness (QED) is 0.665. The van der Waals surface area contributed by atoms with Crippen molar-refractivity contribution >= 4 is 29.3 Å². The van der Waals surface area contributed by atoms with Gasteiger partial charge in [-0.1, -0.05) is 11.6 Å². The smallest absolute Gasteiger partial charge is 0.274 e. The van der Waals surface area contributed by atoms with Crippen LogP contribution in [0.15, 0.2) is 12.4 Å². The molecule has 1 aromatic heterocycles. The first-order valence-corrected chi connectivity index (χ1v) is 5.03. The highest BCUT2D eigenvalue weighted by Gasteiger charge is 2.27. The Morgan fingerprint density at radius 2 is 1.88 bits per heavy atom. The highest BCUT2D eigenvalue weighted by molar-refractivity contribution is 6.29. The Balaban J connectivity index is 2.17. The van der Waals surface area contributed by atoms with E-state index < -0.39 is 17.7 Å². The second-order valence-electron chi connectivity index (χ2n) is 3.36. The van der Waals surface area contributed by atoms with Crippen LogP contribution < -0.4 is 5.32 Å². The third-order valence-corrected chi connectivity index (χ3v) is 2.27. The van der Waals surface area contributed by atoms with E-state index in [0.29, 0.717) is 0 Å². The van der Waals surface area contributed by atoms with Gasteiger partial charge in [0, 0.05) is 0 Å². The van der Waals surface area contributed by atoms with Gasteiger partial charge in [0.25, 0.3) is 5.91 Å².